The van der Waals surface area contributed by atoms with Crippen LogP contribution in [0.5, 0.6) is 5.75 Å². The molecule has 0 heterocycles. The molecule has 0 bridgehead atoms. The molecule has 0 aliphatic rings. The lowest BCUT2D eigenvalue weighted by Gasteiger charge is -2.06. The van der Waals surface area contributed by atoms with Crippen LogP contribution in [0.4, 0.5) is 4.39 Å². The molecule has 0 saturated heterocycles. The average molecular weight is 233 g/mol. The van der Waals surface area contributed by atoms with Gasteiger partial charge in [0.25, 0.3) is 0 Å². The first kappa shape index (κ1) is 9.52. The Balaban J connectivity index is 3.05. The lowest BCUT2D eigenvalue weighted by Crippen LogP contribution is -1.91. The summed E-state index contributed by atoms with van der Waals surface area (Å²) in [4.78, 5) is 0.215. The Bertz CT molecular complexity index is 273. The van der Waals surface area contributed by atoms with Crippen molar-refractivity contribution in [2.45, 2.75) is 11.8 Å². The fraction of sp³-hybridized carbons (Fsp3) is 0.333. The van der Waals surface area contributed by atoms with Gasteiger partial charge < -0.3 is 4.74 Å². The minimum atomic E-state index is -0.325. The quantitative estimate of drug-likeness (QED) is 0.712. The van der Waals surface area contributed by atoms with E-state index in [1.54, 1.807) is 12.1 Å². The zero-order valence-electron chi connectivity index (χ0n) is 6.97. The Hall–Kier alpha value is -0.570. The summed E-state index contributed by atoms with van der Waals surface area (Å²) in [6.45, 7) is 1.98. The molecule has 0 N–H and O–H groups in total. The van der Waals surface area contributed by atoms with Crippen LogP contribution in [-0.2, 0) is 0 Å². The molecule has 0 aliphatic heterocycles. The van der Waals surface area contributed by atoms with Gasteiger partial charge in [-0.25, -0.2) is 4.39 Å². The molecule has 1 nitrogen and oxygen atoms in total. The average Bonchev–Trinajstić information content (AvgIpc) is 2.05. The van der Waals surface area contributed by atoms with E-state index in [2.05, 4.69) is 15.9 Å². The van der Waals surface area contributed by atoms with Gasteiger partial charge in [0, 0.05) is 4.83 Å². The maximum Gasteiger partial charge on any atom is 0.165 e. The van der Waals surface area contributed by atoms with E-state index in [0.29, 0.717) is 5.75 Å². The topological polar surface area (TPSA) is 9.23 Å². The number of benzene rings is 1. The molecule has 1 aromatic carbocycles. The third kappa shape index (κ3) is 1.97. The minimum Gasteiger partial charge on any atom is -0.494 e. The highest BCUT2D eigenvalue weighted by Crippen LogP contribution is 2.26. The normalized spacial score (nSPS) is 12.7. The van der Waals surface area contributed by atoms with Crippen molar-refractivity contribution in [3.63, 3.8) is 0 Å². The number of rotatable bonds is 2. The number of methoxy groups -OCH3 is 1. The van der Waals surface area contributed by atoms with Gasteiger partial charge >= 0.3 is 0 Å². The highest BCUT2D eigenvalue weighted by Gasteiger charge is 2.06. The van der Waals surface area contributed by atoms with Crippen molar-refractivity contribution in [3.05, 3.63) is 29.6 Å². The molecule has 0 fully saturated rings. The van der Waals surface area contributed by atoms with Gasteiger partial charge in [0.15, 0.2) is 11.6 Å². The fourth-order valence-corrected chi connectivity index (χ4v) is 1.21. The van der Waals surface area contributed by atoms with Gasteiger partial charge in [0.2, 0.25) is 0 Å². The van der Waals surface area contributed by atoms with Crippen LogP contribution in [0.25, 0.3) is 0 Å². The Morgan fingerprint density at radius 3 is 2.67 bits per heavy atom. The van der Waals surface area contributed by atoms with Gasteiger partial charge in [-0.1, -0.05) is 22.0 Å². The summed E-state index contributed by atoms with van der Waals surface area (Å²) in [7, 11) is 1.46. The van der Waals surface area contributed by atoms with Gasteiger partial charge in [-0.15, -0.1) is 0 Å². The molecule has 66 valence electrons. The smallest absolute Gasteiger partial charge is 0.165 e. The Morgan fingerprint density at radius 1 is 1.50 bits per heavy atom. The largest absolute Gasteiger partial charge is 0.494 e. The summed E-state index contributed by atoms with van der Waals surface area (Å²) in [6, 6.07) is 4.83. The molecular weight excluding hydrogens is 223 g/mol. The molecule has 0 aromatic heterocycles. The molecule has 1 atom stereocenters. The molecule has 0 amide bonds. The highest BCUT2D eigenvalue weighted by molar-refractivity contribution is 9.09. The highest BCUT2D eigenvalue weighted by atomic mass is 79.9. The predicted molar refractivity (Wildman–Crippen MR) is 50.3 cm³/mol. The van der Waals surface area contributed by atoms with Gasteiger partial charge in [-0.2, -0.15) is 0 Å². The van der Waals surface area contributed by atoms with Crippen LogP contribution >= 0.6 is 15.9 Å². The summed E-state index contributed by atoms with van der Waals surface area (Å²) in [6.07, 6.45) is 0. The molecule has 0 spiro atoms. The maximum atomic E-state index is 12.9. The molecular formula is C9H10BrFO. The van der Waals surface area contributed by atoms with Crippen LogP contribution in [0.15, 0.2) is 18.2 Å². The van der Waals surface area contributed by atoms with E-state index in [4.69, 9.17) is 4.74 Å². The monoisotopic (exact) mass is 232 g/mol. The SMILES string of the molecule is COc1cc(C(C)Br)ccc1F. The second-order valence-corrected chi connectivity index (χ2v) is 3.88. The number of halogens is 2. The predicted octanol–water partition coefficient (Wildman–Crippen LogP) is 3.29. The van der Waals surface area contributed by atoms with Crippen LogP contribution < -0.4 is 4.74 Å². The van der Waals surface area contributed by atoms with Crippen LogP contribution in [0.1, 0.15) is 17.3 Å². The molecule has 1 unspecified atom stereocenters. The summed E-state index contributed by atoms with van der Waals surface area (Å²) >= 11 is 3.39. The number of hydrogen-bond acceptors (Lipinski definition) is 1. The van der Waals surface area contributed by atoms with Crippen molar-refractivity contribution in [2.24, 2.45) is 0 Å². The van der Waals surface area contributed by atoms with E-state index >= 15 is 0 Å². The molecule has 0 saturated carbocycles. The van der Waals surface area contributed by atoms with Gasteiger partial charge in [0.05, 0.1) is 7.11 Å². The Labute approximate surface area is 79.7 Å². The van der Waals surface area contributed by atoms with Crippen molar-refractivity contribution in [1.29, 1.82) is 0 Å². The first-order valence-corrected chi connectivity index (χ1v) is 4.54. The zero-order valence-corrected chi connectivity index (χ0v) is 8.56. The van der Waals surface area contributed by atoms with Gasteiger partial charge in [-0.05, 0) is 24.6 Å². The number of ether oxygens (including phenoxy) is 1. The number of hydrogen-bond donors (Lipinski definition) is 0. The van der Waals surface area contributed by atoms with E-state index in [9.17, 15) is 4.39 Å². The van der Waals surface area contributed by atoms with E-state index in [0.717, 1.165) is 5.56 Å². The third-order valence-corrected chi connectivity index (χ3v) is 2.16. The summed E-state index contributed by atoms with van der Waals surface area (Å²) in [5, 5.41) is 0. The lowest BCUT2D eigenvalue weighted by molar-refractivity contribution is 0.386. The molecule has 3 heteroatoms. The van der Waals surface area contributed by atoms with Crippen molar-refractivity contribution in [2.75, 3.05) is 7.11 Å². The third-order valence-electron chi connectivity index (χ3n) is 1.63. The lowest BCUT2D eigenvalue weighted by atomic mass is 10.1. The Kier molecular flexibility index (Phi) is 3.09. The van der Waals surface area contributed by atoms with Crippen LogP contribution in [-0.4, -0.2) is 7.11 Å². The molecule has 12 heavy (non-hydrogen) atoms. The van der Waals surface area contributed by atoms with Gasteiger partial charge in [0.1, 0.15) is 0 Å². The summed E-state index contributed by atoms with van der Waals surface area (Å²) < 4.78 is 17.7. The van der Waals surface area contributed by atoms with Crippen molar-refractivity contribution in [3.8, 4) is 5.75 Å². The number of alkyl halides is 1. The van der Waals surface area contributed by atoms with E-state index in [1.165, 1.54) is 13.2 Å². The second-order valence-electron chi connectivity index (χ2n) is 2.51. The van der Waals surface area contributed by atoms with Crippen molar-refractivity contribution < 1.29 is 9.13 Å². The summed E-state index contributed by atoms with van der Waals surface area (Å²) in [5.74, 6) is -0.0341. The second kappa shape index (κ2) is 3.90. The Morgan fingerprint density at radius 2 is 2.17 bits per heavy atom. The zero-order chi connectivity index (χ0) is 9.14. The molecule has 1 aromatic rings. The van der Waals surface area contributed by atoms with Crippen LogP contribution in [0, 0.1) is 5.82 Å². The maximum absolute atomic E-state index is 12.9. The fourth-order valence-electron chi connectivity index (χ4n) is 0.924. The van der Waals surface area contributed by atoms with Crippen LogP contribution in [0.2, 0.25) is 0 Å². The minimum absolute atomic E-state index is 0.215. The molecule has 1 rings (SSSR count). The first-order chi connectivity index (χ1) is 5.65. The van der Waals surface area contributed by atoms with E-state index in [1.807, 2.05) is 6.92 Å². The van der Waals surface area contributed by atoms with Crippen molar-refractivity contribution >= 4 is 15.9 Å². The standard InChI is InChI=1S/C9H10BrFO/c1-6(10)7-3-4-8(11)9(5-7)12-2/h3-6H,1-2H3. The summed E-state index contributed by atoms with van der Waals surface area (Å²) in [5.41, 5.74) is 1.01. The van der Waals surface area contributed by atoms with E-state index in [-0.39, 0.29) is 10.6 Å². The first-order valence-electron chi connectivity index (χ1n) is 3.62. The van der Waals surface area contributed by atoms with Crippen LogP contribution in [0.3, 0.4) is 0 Å². The van der Waals surface area contributed by atoms with E-state index < -0.39 is 0 Å². The molecule has 0 radical (unpaired) electrons. The molecule has 0 aliphatic carbocycles. The van der Waals surface area contributed by atoms with Gasteiger partial charge in [-0.3, -0.25) is 0 Å². The van der Waals surface area contributed by atoms with Crippen molar-refractivity contribution in [1.82, 2.24) is 0 Å².